The quantitative estimate of drug-likeness (QED) is 0.447. The Balaban J connectivity index is 2.25. The highest BCUT2D eigenvalue weighted by Gasteiger charge is 2.36. The van der Waals surface area contributed by atoms with Crippen molar-refractivity contribution in [2.24, 2.45) is 0 Å². The zero-order valence-corrected chi connectivity index (χ0v) is 17.7. The van der Waals surface area contributed by atoms with Gasteiger partial charge < -0.3 is 15.3 Å². The first-order valence-corrected chi connectivity index (χ1v) is 10.4. The summed E-state index contributed by atoms with van der Waals surface area (Å²) >= 11 is 0. The Morgan fingerprint density at radius 2 is 1.19 bits per heavy atom. The summed E-state index contributed by atoms with van der Waals surface area (Å²) < 4.78 is 0. The third kappa shape index (κ3) is 8.10. The standard InChI is InChI=1S/C22H30N2O7/c1-15(25)10-16-6-8-17(9-7-16)11-23(12-20(26)27)18-4-2-3-5-19(18)24(13-21(28)29)14-22(30)31/h6-9,18-19H,2-5,10-14H2,1H3,(H,26,27)(H,28,29)(H,30,31)/t18-,19-/m0/s1. The van der Waals surface area contributed by atoms with Gasteiger partial charge in [-0.05, 0) is 30.9 Å². The fraction of sp³-hybridized carbons (Fsp3) is 0.545. The van der Waals surface area contributed by atoms with Gasteiger partial charge in [0, 0.05) is 25.0 Å². The molecule has 0 aliphatic heterocycles. The van der Waals surface area contributed by atoms with Gasteiger partial charge in [-0.1, -0.05) is 37.1 Å². The van der Waals surface area contributed by atoms with E-state index in [0.717, 1.165) is 24.0 Å². The monoisotopic (exact) mass is 434 g/mol. The van der Waals surface area contributed by atoms with E-state index in [4.69, 9.17) is 0 Å². The molecular formula is C22H30N2O7. The number of benzene rings is 1. The summed E-state index contributed by atoms with van der Waals surface area (Å²) in [6.45, 7) is 0.806. The number of hydrogen-bond acceptors (Lipinski definition) is 6. The maximum absolute atomic E-state index is 11.6. The van der Waals surface area contributed by atoms with Crippen molar-refractivity contribution in [2.45, 2.75) is 57.7 Å². The number of carboxylic acid groups (broad SMARTS) is 3. The Hall–Kier alpha value is -2.78. The molecule has 31 heavy (non-hydrogen) atoms. The van der Waals surface area contributed by atoms with Crippen LogP contribution in [0, 0.1) is 0 Å². The molecule has 3 N–H and O–H groups in total. The second-order valence-electron chi connectivity index (χ2n) is 8.11. The van der Waals surface area contributed by atoms with E-state index in [1.807, 2.05) is 24.3 Å². The number of nitrogens with zero attached hydrogens (tertiary/aromatic N) is 2. The van der Waals surface area contributed by atoms with E-state index in [0.29, 0.717) is 25.8 Å². The molecule has 0 saturated heterocycles. The van der Waals surface area contributed by atoms with Crippen LogP contribution in [0.15, 0.2) is 24.3 Å². The molecular weight excluding hydrogens is 404 g/mol. The molecule has 1 fully saturated rings. The van der Waals surface area contributed by atoms with E-state index in [9.17, 15) is 34.5 Å². The average molecular weight is 434 g/mol. The van der Waals surface area contributed by atoms with Gasteiger partial charge in [-0.2, -0.15) is 0 Å². The van der Waals surface area contributed by atoms with E-state index in [2.05, 4.69) is 0 Å². The average Bonchev–Trinajstić information content (AvgIpc) is 2.67. The Kier molecular flexibility index (Phi) is 9.14. The molecule has 0 unspecified atom stereocenters. The molecule has 0 aromatic heterocycles. The van der Waals surface area contributed by atoms with Crippen LogP contribution in [0.1, 0.15) is 43.7 Å². The lowest BCUT2D eigenvalue weighted by molar-refractivity contribution is -0.146. The molecule has 0 radical (unpaired) electrons. The van der Waals surface area contributed by atoms with Gasteiger partial charge in [0.05, 0.1) is 19.6 Å². The van der Waals surface area contributed by atoms with Crippen LogP contribution in [0.3, 0.4) is 0 Å². The summed E-state index contributed by atoms with van der Waals surface area (Å²) in [6, 6.07) is 6.76. The zero-order valence-electron chi connectivity index (χ0n) is 17.7. The van der Waals surface area contributed by atoms with Gasteiger partial charge in [0.25, 0.3) is 0 Å². The van der Waals surface area contributed by atoms with Gasteiger partial charge in [-0.25, -0.2) is 0 Å². The number of rotatable bonds is 12. The third-order valence-corrected chi connectivity index (χ3v) is 5.51. The fourth-order valence-electron chi connectivity index (χ4n) is 4.33. The molecule has 0 amide bonds. The summed E-state index contributed by atoms with van der Waals surface area (Å²) in [4.78, 5) is 48.7. The molecule has 0 bridgehead atoms. The number of carbonyl (C=O) groups is 4. The van der Waals surface area contributed by atoms with Gasteiger partial charge in [-0.3, -0.25) is 29.0 Å². The van der Waals surface area contributed by atoms with Crippen LogP contribution in [-0.4, -0.2) is 80.5 Å². The predicted octanol–water partition coefficient (Wildman–Crippen LogP) is 1.49. The van der Waals surface area contributed by atoms with Gasteiger partial charge >= 0.3 is 17.9 Å². The van der Waals surface area contributed by atoms with E-state index in [1.54, 1.807) is 4.90 Å². The highest BCUT2D eigenvalue weighted by atomic mass is 16.4. The van der Waals surface area contributed by atoms with E-state index in [-0.39, 0.29) is 24.4 Å². The Labute approximate surface area is 181 Å². The summed E-state index contributed by atoms with van der Waals surface area (Å²) in [7, 11) is 0. The number of aliphatic carboxylic acids is 3. The largest absolute Gasteiger partial charge is 0.480 e. The number of Topliss-reactive ketones (excluding diaryl/α,β-unsaturated/α-hetero) is 1. The number of hydrogen-bond donors (Lipinski definition) is 3. The summed E-state index contributed by atoms with van der Waals surface area (Å²) in [6.07, 6.45) is 3.30. The van der Waals surface area contributed by atoms with Crippen molar-refractivity contribution in [2.75, 3.05) is 19.6 Å². The van der Waals surface area contributed by atoms with Gasteiger partial charge in [0.1, 0.15) is 5.78 Å². The van der Waals surface area contributed by atoms with E-state index >= 15 is 0 Å². The Morgan fingerprint density at radius 1 is 0.774 bits per heavy atom. The van der Waals surface area contributed by atoms with Crippen LogP contribution in [0.2, 0.25) is 0 Å². The Bertz CT molecular complexity index is 778. The van der Waals surface area contributed by atoms with Crippen molar-refractivity contribution in [3.8, 4) is 0 Å². The van der Waals surface area contributed by atoms with Crippen LogP contribution in [0.4, 0.5) is 0 Å². The summed E-state index contributed by atoms with van der Waals surface area (Å²) in [5.74, 6) is -3.17. The minimum atomic E-state index is -1.11. The van der Waals surface area contributed by atoms with Gasteiger partial charge in [0.15, 0.2) is 0 Å². The fourth-order valence-corrected chi connectivity index (χ4v) is 4.33. The van der Waals surface area contributed by atoms with Crippen LogP contribution in [-0.2, 0) is 32.1 Å². The van der Waals surface area contributed by atoms with E-state index in [1.165, 1.54) is 11.8 Å². The SMILES string of the molecule is CC(=O)Cc1ccc(CN(CC(=O)O)[C@H]2CCCC[C@@H]2N(CC(=O)O)CC(=O)O)cc1. The van der Waals surface area contributed by atoms with Crippen LogP contribution in [0.25, 0.3) is 0 Å². The van der Waals surface area contributed by atoms with Crippen LogP contribution in [0.5, 0.6) is 0 Å². The molecule has 9 heteroatoms. The number of ketones is 1. The first-order valence-electron chi connectivity index (χ1n) is 10.4. The van der Waals surface area contributed by atoms with Gasteiger partial charge in [0.2, 0.25) is 0 Å². The second-order valence-corrected chi connectivity index (χ2v) is 8.11. The first-order chi connectivity index (χ1) is 14.7. The molecule has 1 saturated carbocycles. The molecule has 1 aliphatic carbocycles. The van der Waals surface area contributed by atoms with Crippen molar-refractivity contribution in [1.82, 2.24) is 9.80 Å². The second kappa shape index (κ2) is 11.6. The molecule has 9 nitrogen and oxygen atoms in total. The van der Waals surface area contributed by atoms with Crippen LogP contribution >= 0.6 is 0 Å². The summed E-state index contributed by atoms with van der Waals surface area (Å²) in [5, 5.41) is 28.0. The molecule has 2 rings (SSSR count). The third-order valence-electron chi connectivity index (χ3n) is 5.51. The highest BCUT2D eigenvalue weighted by Crippen LogP contribution is 2.28. The normalized spacial score (nSPS) is 18.8. The molecule has 1 aliphatic rings. The topological polar surface area (TPSA) is 135 Å². The van der Waals surface area contributed by atoms with Crippen molar-refractivity contribution in [3.63, 3.8) is 0 Å². The molecule has 0 heterocycles. The van der Waals surface area contributed by atoms with Crippen molar-refractivity contribution in [1.29, 1.82) is 0 Å². The minimum Gasteiger partial charge on any atom is -0.480 e. The molecule has 1 aromatic rings. The lowest BCUT2D eigenvalue weighted by Gasteiger charge is -2.44. The first kappa shape index (κ1) is 24.5. The van der Waals surface area contributed by atoms with Crippen LogP contribution < -0.4 is 0 Å². The van der Waals surface area contributed by atoms with Crippen molar-refractivity contribution >= 4 is 23.7 Å². The van der Waals surface area contributed by atoms with Crippen molar-refractivity contribution in [3.05, 3.63) is 35.4 Å². The van der Waals surface area contributed by atoms with Crippen molar-refractivity contribution < 1.29 is 34.5 Å². The summed E-state index contributed by atoms with van der Waals surface area (Å²) in [5.41, 5.74) is 1.76. The lowest BCUT2D eigenvalue weighted by atomic mass is 9.87. The zero-order chi connectivity index (χ0) is 23.0. The molecule has 2 atom stereocenters. The maximum atomic E-state index is 11.6. The maximum Gasteiger partial charge on any atom is 0.317 e. The highest BCUT2D eigenvalue weighted by molar-refractivity contribution is 5.78. The number of carboxylic acids is 3. The lowest BCUT2D eigenvalue weighted by Crippen LogP contribution is -2.56. The minimum absolute atomic E-state index is 0.0576. The molecule has 0 spiro atoms. The molecule has 170 valence electrons. The Morgan fingerprint density at radius 3 is 1.65 bits per heavy atom. The predicted molar refractivity (Wildman–Crippen MR) is 112 cm³/mol. The number of carbonyl (C=O) groups excluding carboxylic acids is 1. The molecule has 1 aromatic carbocycles. The smallest absolute Gasteiger partial charge is 0.317 e. The van der Waals surface area contributed by atoms with E-state index < -0.39 is 31.0 Å². The van der Waals surface area contributed by atoms with Gasteiger partial charge in [-0.15, -0.1) is 0 Å².